The zero-order valence-corrected chi connectivity index (χ0v) is 23.5. The number of allylic oxidation sites excluding steroid dienone is 3. The number of para-hydroxylation sites is 1. The standard InChI is InChI=1S/C17H23NO.C13H17N.C3H8/c1-14-6-3-4-7-16(15(14)2)18-11-9-17(10-12-18)8-5-13-19-17;1-11-7-9-14(10-8-11)13-6-4-3-5-12(13)2;1-3-2/h4,7,14H,5,8-13H2,1-2H3;3-6H,1,7-10H2,2H3;3H2,1-2H3. The Kier molecular flexibility index (Phi) is 10.7. The zero-order valence-electron chi connectivity index (χ0n) is 23.5. The second-order valence-corrected chi connectivity index (χ2v) is 10.8. The van der Waals surface area contributed by atoms with Gasteiger partial charge >= 0.3 is 0 Å². The van der Waals surface area contributed by atoms with Crippen molar-refractivity contribution in [3.8, 4) is 11.8 Å². The summed E-state index contributed by atoms with van der Waals surface area (Å²) < 4.78 is 6.00. The van der Waals surface area contributed by atoms with Crippen LogP contribution < -0.4 is 4.90 Å². The van der Waals surface area contributed by atoms with Gasteiger partial charge < -0.3 is 14.5 Å². The van der Waals surface area contributed by atoms with E-state index in [1.807, 2.05) is 6.08 Å². The van der Waals surface area contributed by atoms with Crippen molar-refractivity contribution in [3.05, 3.63) is 65.4 Å². The first-order valence-corrected chi connectivity index (χ1v) is 14.1. The Hall–Kier alpha value is -2.44. The van der Waals surface area contributed by atoms with E-state index in [2.05, 4.69) is 93.2 Å². The van der Waals surface area contributed by atoms with Crippen molar-refractivity contribution in [3.63, 3.8) is 0 Å². The minimum Gasteiger partial charge on any atom is -0.375 e. The van der Waals surface area contributed by atoms with Crippen LogP contribution in [0.3, 0.4) is 0 Å². The first-order valence-electron chi connectivity index (χ1n) is 14.1. The van der Waals surface area contributed by atoms with E-state index in [4.69, 9.17) is 4.74 Å². The third kappa shape index (κ3) is 7.53. The fourth-order valence-corrected chi connectivity index (χ4v) is 5.40. The molecule has 4 aliphatic rings. The van der Waals surface area contributed by atoms with Gasteiger partial charge in [-0.25, -0.2) is 0 Å². The van der Waals surface area contributed by atoms with E-state index < -0.39 is 0 Å². The van der Waals surface area contributed by atoms with Gasteiger partial charge in [0.15, 0.2) is 0 Å². The summed E-state index contributed by atoms with van der Waals surface area (Å²) in [6.07, 6.45) is 12.6. The van der Waals surface area contributed by atoms with Crippen LogP contribution in [0, 0.1) is 24.7 Å². The molecule has 5 rings (SSSR count). The van der Waals surface area contributed by atoms with Crippen LogP contribution in [0.4, 0.5) is 5.69 Å². The number of ether oxygens (including phenoxy) is 1. The minimum atomic E-state index is 0.210. The second kappa shape index (κ2) is 13.8. The SMILES string of the molecule is C=C1CCN(c2ccccc2C)CC1.CC1=C(N2CCC3(CCCO3)CC2)C=CC#CC1C.CCC. The molecule has 3 fully saturated rings. The Labute approximate surface area is 221 Å². The fourth-order valence-electron chi connectivity index (χ4n) is 5.40. The number of anilines is 1. The average Bonchev–Trinajstić information content (AvgIpc) is 3.27. The molecular weight excluding hydrogens is 440 g/mol. The van der Waals surface area contributed by atoms with E-state index in [0.717, 1.165) is 45.6 Å². The predicted octanol–water partition coefficient (Wildman–Crippen LogP) is 7.68. The van der Waals surface area contributed by atoms with Crippen molar-refractivity contribution in [2.75, 3.05) is 37.7 Å². The molecule has 1 atom stereocenters. The molecule has 0 saturated carbocycles. The number of piperidine rings is 2. The van der Waals surface area contributed by atoms with Gasteiger partial charge in [0, 0.05) is 50.1 Å². The lowest BCUT2D eigenvalue weighted by molar-refractivity contribution is -0.0373. The fraction of sp³-hybridized carbons (Fsp3) is 0.576. The van der Waals surface area contributed by atoms with Crippen LogP contribution in [0.15, 0.2) is 59.8 Å². The van der Waals surface area contributed by atoms with Crippen molar-refractivity contribution >= 4 is 5.69 Å². The molecule has 3 saturated heterocycles. The topological polar surface area (TPSA) is 15.7 Å². The lowest BCUT2D eigenvalue weighted by atomic mass is 9.88. The van der Waals surface area contributed by atoms with Gasteiger partial charge in [-0.3, -0.25) is 0 Å². The summed E-state index contributed by atoms with van der Waals surface area (Å²) in [5.41, 5.74) is 7.15. The highest BCUT2D eigenvalue weighted by molar-refractivity contribution is 5.53. The Bertz CT molecular complexity index is 966. The Morgan fingerprint density at radius 2 is 1.67 bits per heavy atom. The molecule has 3 nitrogen and oxygen atoms in total. The van der Waals surface area contributed by atoms with Gasteiger partial charge in [0.2, 0.25) is 0 Å². The minimum absolute atomic E-state index is 0.210. The van der Waals surface area contributed by atoms with Crippen LogP contribution in [-0.2, 0) is 4.74 Å². The number of hydrogen-bond donors (Lipinski definition) is 0. The van der Waals surface area contributed by atoms with Gasteiger partial charge in [0.25, 0.3) is 0 Å². The predicted molar refractivity (Wildman–Crippen MR) is 155 cm³/mol. The van der Waals surface area contributed by atoms with Crippen molar-refractivity contribution < 1.29 is 4.74 Å². The average molecular weight is 489 g/mol. The van der Waals surface area contributed by atoms with E-state index in [1.165, 1.54) is 60.2 Å². The summed E-state index contributed by atoms with van der Waals surface area (Å²) in [5.74, 6) is 6.75. The molecule has 36 heavy (non-hydrogen) atoms. The first-order chi connectivity index (χ1) is 17.4. The molecule has 0 aromatic heterocycles. The third-order valence-corrected chi connectivity index (χ3v) is 7.80. The second-order valence-electron chi connectivity index (χ2n) is 10.8. The summed E-state index contributed by atoms with van der Waals surface area (Å²) >= 11 is 0. The van der Waals surface area contributed by atoms with Gasteiger partial charge in [0.1, 0.15) is 0 Å². The number of aryl methyl sites for hydroxylation is 1. The molecule has 1 aromatic carbocycles. The number of nitrogens with zero attached hydrogens (tertiary/aromatic N) is 2. The maximum absolute atomic E-state index is 6.00. The molecular formula is C33H48N2O. The van der Waals surface area contributed by atoms with Crippen molar-refractivity contribution in [2.24, 2.45) is 5.92 Å². The van der Waals surface area contributed by atoms with Gasteiger partial charge in [-0.2, -0.15) is 0 Å². The monoisotopic (exact) mass is 488 g/mol. The largest absolute Gasteiger partial charge is 0.375 e. The molecule has 0 bridgehead atoms. The van der Waals surface area contributed by atoms with Crippen LogP contribution in [0.25, 0.3) is 0 Å². The summed E-state index contributed by atoms with van der Waals surface area (Å²) in [6, 6.07) is 8.61. The maximum atomic E-state index is 6.00. The van der Waals surface area contributed by atoms with Crippen molar-refractivity contribution in [1.82, 2.24) is 4.90 Å². The molecule has 0 N–H and O–H groups in total. The maximum Gasteiger partial charge on any atom is 0.0717 e. The molecule has 196 valence electrons. The van der Waals surface area contributed by atoms with E-state index in [1.54, 1.807) is 0 Å². The number of likely N-dealkylation sites (tertiary alicyclic amines) is 1. The first kappa shape index (κ1) is 28.1. The van der Waals surface area contributed by atoms with Gasteiger partial charge in [-0.15, -0.1) is 0 Å². The third-order valence-electron chi connectivity index (χ3n) is 7.80. The van der Waals surface area contributed by atoms with Gasteiger partial charge in [0.05, 0.1) is 5.60 Å². The van der Waals surface area contributed by atoms with Crippen LogP contribution >= 0.6 is 0 Å². The van der Waals surface area contributed by atoms with Crippen LogP contribution in [0.1, 0.15) is 78.2 Å². The van der Waals surface area contributed by atoms with Crippen molar-refractivity contribution in [2.45, 2.75) is 85.2 Å². The quantitative estimate of drug-likeness (QED) is 0.314. The molecule has 1 aliphatic carbocycles. The van der Waals surface area contributed by atoms with E-state index in [-0.39, 0.29) is 5.60 Å². The number of benzene rings is 1. The van der Waals surface area contributed by atoms with E-state index >= 15 is 0 Å². The summed E-state index contributed by atoms with van der Waals surface area (Å²) in [7, 11) is 0. The molecule has 0 radical (unpaired) electrons. The molecule has 3 heterocycles. The summed E-state index contributed by atoms with van der Waals surface area (Å²) in [5, 5.41) is 0. The van der Waals surface area contributed by atoms with E-state index in [9.17, 15) is 0 Å². The van der Waals surface area contributed by atoms with E-state index in [0.29, 0.717) is 5.92 Å². The zero-order chi connectivity index (χ0) is 26.0. The lowest BCUT2D eigenvalue weighted by Crippen LogP contribution is -2.43. The van der Waals surface area contributed by atoms with Crippen LogP contribution in [-0.4, -0.2) is 43.3 Å². The van der Waals surface area contributed by atoms with Crippen molar-refractivity contribution in [1.29, 1.82) is 0 Å². The normalized spacial score (nSPS) is 22.7. The molecule has 1 unspecified atom stereocenters. The van der Waals surface area contributed by atoms with Gasteiger partial charge in [-0.05, 0) is 88.7 Å². The molecule has 3 aliphatic heterocycles. The molecule has 0 amide bonds. The molecule has 1 spiro atoms. The highest BCUT2D eigenvalue weighted by atomic mass is 16.5. The van der Waals surface area contributed by atoms with Crippen LogP contribution in [0.5, 0.6) is 0 Å². The highest BCUT2D eigenvalue weighted by Crippen LogP contribution is 2.37. The lowest BCUT2D eigenvalue weighted by Gasteiger charge is -2.40. The smallest absolute Gasteiger partial charge is 0.0717 e. The summed E-state index contributed by atoms with van der Waals surface area (Å²) in [4.78, 5) is 4.98. The molecule has 1 aromatic rings. The van der Waals surface area contributed by atoms with Gasteiger partial charge in [-0.1, -0.05) is 62.5 Å². The highest BCUT2D eigenvalue weighted by Gasteiger charge is 2.38. The molecule has 3 heteroatoms. The Morgan fingerprint density at radius 1 is 1.00 bits per heavy atom. The summed E-state index contributed by atoms with van der Waals surface area (Å²) in [6.45, 7) is 20.3. The Balaban J connectivity index is 0.000000188. The number of hydrogen-bond acceptors (Lipinski definition) is 3. The number of rotatable bonds is 2. The Morgan fingerprint density at radius 3 is 2.28 bits per heavy atom. The van der Waals surface area contributed by atoms with Crippen LogP contribution in [0.2, 0.25) is 0 Å².